The summed E-state index contributed by atoms with van der Waals surface area (Å²) in [4.78, 5) is 25.6. The quantitative estimate of drug-likeness (QED) is 0.220. The fourth-order valence-electron chi connectivity index (χ4n) is 2.88. The Hall–Kier alpha value is -1.92. The number of rotatable bonds is 20. The van der Waals surface area contributed by atoms with E-state index in [0.29, 0.717) is 90.3 Å². The number of carbonyl (C=O) groups is 2. The number of imide groups is 1. The third-order valence-corrected chi connectivity index (χ3v) is 4.46. The molecule has 0 radical (unpaired) electrons. The first kappa shape index (κ1) is 26.3. The maximum atomic E-state index is 12.2. The van der Waals surface area contributed by atoms with Crippen molar-refractivity contribution in [3.8, 4) is 0 Å². The van der Waals surface area contributed by atoms with E-state index in [1.807, 2.05) is 0 Å². The molecule has 2 rings (SSSR count). The SMILES string of the molecule is NCCOCCOCCOCCOCCOCCOCCN1C(=O)c2ccccc2C1=O. The Balaban J connectivity index is 1.32. The molecule has 0 spiro atoms. The van der Waals surface area contributed by atoms with E-state index in [0.717, 1.165) is 0 Å². The topological polar surface area (TPSA) is 119 Å². The smallest absolute Gasteiger partial charge is 0.261 e. The van der Waals surface area contributed by atoms with Crippen LogP contribution in [-0.2, 0) is 28.4 Å². The van der Waals surface area contributed by atoms with Crippen molar-refractivity contribution in [2.24, 2.45) is 5.73 Å². The Morgan fingerprint density at radius 1 is 0.562 bits per heavy atom. The lowest BCUT2D eigenvalue weighted by atomic mass is 10.1. The molecule has 0 saturated carbocycles. The number of hydrogen-bond donors (Lipinski definition) is 1. The second kappa shape index (κ2) is 16.7. The predicted octanol–water partition coefficient (Wildman–Crippen LogP) is 0.341. The minimum Gasteiger partial charge on any atom is -0.378 e. The van der Waals surface area contributed by atoms with Gasteiger partial charge in [0.25, 0.3) is 11.8 Å². The number of benzene rings is 1. The summed E-state index contributed by atoms with van der Waals surface area (Å²) in [5.74, 6) is -0.543. The van der Waals surface area contributed by atoms with Crippen LogP contribution in [0.15, 0.2) is 24.3 Å². The van der Waals surface area contributed by atoms with Crippen LogP contribution < -0.4 is 5.73 Å². The molecular formula is C22H34N2O8. The molecule has 0 unspecified atom stereocenters. The van der Waals surface area contributed by atoms with Crippen LogP contribution in [0.2, 0.25) is 0 Å². The molecule has 0 aromatic heterocycles. The minimum absolute atomic E-state index is 0.225. The summed E-state index contributed by atoms with van der Waals surface area (Å²) in [5, 5.41) is 0. The van der Waals surface area contributed by atoms with Gasteiger partial charge in [-0.3, -0.25) is 14.5 Å². The third kappa shape index (κ3) is 9.70. The van der Waals surface area contributed by atoms with Gasteiger partial charge in [0.05, 0.1) is 97.0 Å². The van der Waals surface area contributed by atoms with Crippen molar-refractivity contribution in [3.05, 3.63) is 35.4 Å². The van der Waals surface area contributed by atoms with E-state index in [9.17, 15) is 9.59 Å². The molecular weight excluding hydrogens is 420 g/mol. The Morgan fingerprint density at radius 3 is 1.28 bits per heavy atom. The normalized spacial score (nSPS) is 13.2. The molecule has 1 heterocycles. The predicted molar refractivity (Wildman–Crippen MR) is 116 cm³/mol. The Bertz CT molecular complexity index is 638. The molecule has 180 valence electrons. The molecule has 0 aliphatic carbocycles. The van der Waals surface area contributed by atoms with Crippen molar-refractivity contribution in [2.75, 3.05) is 92.4 Å². The summed E-state index contributed by atoms with van der Waals surface area (Å²) >= 11 is 0. The molecule has 1 aliphatic rings. The summed E-state index contributed by atoms with van der Waals surface area (Å²) in [5.41, 5.74) is 6.20. The molecule has 32 heavy (non-hydrogen) atoms. The van der Waals surface area contributed by atoms with Crippen molar-refractivity contribution >= 4 is 11.8 Å². The molecule has 1 aromatic rings. The van der Waals surface area contributed by atoms with Crippen LogP contribution in [-0.4, -0.2) is 109 Å². The van der Waals surface area contributed by atoms with Gasteiger partial charge in [-0.05, 0) is 12.1 Å². The molecule has 2 amide bonds. The zero-order chi connectivity index (χ0) is 22.9. The molecule has 10 nitrogen and oxygen atoms in total. The Labute approximate surface area is 188 Å². The molecule has 1 aliphatic heterocycles. The van der Waals surface area contributed by atoms with Gasteiger partial charge in [-0.1, -0.05) is 12.1 Å². The number of nitrogens with two attached hydrogens (primary N) is 1. The summed E-state index contributed by atoms with van der Waals surface area (Å²) in [7, 11) is 0. The van der Waals surface area contributed by atoms with Crippen LogP contribution in [0.25, 0.3) is 0 Å². The highest BCUT2D eigenvalue weighted by molar-refractivity contribution is 6.21. The van der Waals surface area contributed by atoms with Crippen molar-refractivity contribution < 1.29 is 38.0 Å². The van der Waals surface area contributed by atoms with E-state index >= 15 is 0 Å². The largest absolute Gasteiger partial charge is 0.378 e. The number of carbonyl (C=O) groups excluding carboxylic acids is 2. The zero-order valence-corrected chi connectivity index (χ0v) is 18.5. The van der Waals surface area contributed by atoms with Crippen LogP contribution in [0.1, 0.15) is 20.7 Å². The molecule has 2 N–H and O–H groups in total. The minimum atomic E-state index is -0.271. The number of nitrogens with zero attached hydrogens (tertiary/aromatic N) is 1. The average molecular weight is 455 g/mol. The zero-order valence-electron chi connectivity index (χ0n) is 18.5. The van der Waals surface area contributed by atoms with Crippen LogP contribution >= 0.6 is 0 Å². The number of fused-ring (bicyclic) bond motifs is 1. The first-order chi connectivity index (χ1) is 15.8. The van der Waals surface area contributed by atoms with Gasteiger partial charge in [0.2, 0.25) is 0 Å². The first-order valence-corrected chi connectivity index (χ1v) is 10.9. The Morgan fingerprint density at radius 2 is 0.906 bits per heavy atom. The highest BCUT2D eigenvalue weighted by Gasteiger charge is 2.34. The highest BCUT2D eigenvalue weighted by Crippen LogP contribution is 2.21. The van der Waals surface area contributed by atoms with Gasteiger partial charge in [0.1, 0.15) is 0 Å². The van der Waals surface area contributed by atoms with Gasteiger partial charge >= 0.3 is 0 Å². The van der Waals surface area contributed by atoms with Crippen LogP contribution in [0, 0.1) is 0 Å². The lowest BCUT2D eigenvalue weighted by Crippen LogP contribution is -2.33. The van der Waals surface area contributed by atoms with Gasteiger partial charge in [-0.15, -0.1) is 0 Å². The Kier molecular flexibility index (Phi) is 13.7. The van der Waals surface area contributed by atoms with E-state index in [4.69, 9.17) is 34.2 Å². The molecule has 0 fully saturated rings. The van der Waals surface area contributed by atoms with Gasteiger partial charge < -0.3 is 34.2 Å². The standard InChI is InChI=1S/C22H34N2O8/c23-5-7-27-9-11-29-13-15-31-17-18-32-16-14-30-12-10-28-8-6-24-21(25)19-3-1-2-4-20(19)22(24)26/h1-4H,5-18,23H2. The van der Waals surface area contributed by atoms with Crippen molar-refractivity contribution in [1.29, 1.82) is 0 Å². The van der Waals surface area contributed by atoms with Gasteiger partial charge in [-0.2, -0.15) is 0 Å². The molecule has 0 saturated heterocycles. The summed E-state index contributed by atoms with van der Waals surface area (Å²) in [6, 6.07) is 6.82. The molecule has 0 atom stereocenters. The fraction of sp³-hybridized carbons (Fsp3) is 0.636. The lowest BCUT2D eigenvalue weighted by molar-refractivity contribution is -0.0168. The monoisotopic (exact) mass is 454 g/mol. The molecule has 1 aromatic carbocycles. The summed E-state index contributed by atoms with van der Waals surface area (Å²) < 4.78 is 32.2. The fourth-order valence-corrected chi connectivity index (χ4v) is 2.88. The van der Waals surface area contributed by atoms with Crippen molar-refractivity contribution in [1.82, 2.24) is 4.90 Å². The van der Waals surface area contributed by atoms with Crippen LogP contribution in [0.4, 0.5) is 0 Å². The number of ether oxygens (including phenoxy) is 6. The van der Waals surface area contributed by atoms with Gasteiger partial charge in [0, 0.05) is 6.54 Å². The van der Waals surface area contributed by atoms with Crippen LogP contribution in [0.5, 0.6) is 0 Å². The van der Waals surface area contributed by atoms with Crippen LogP contribution in [0.3, 0.4) is 0 Å². The number of amides is 2. The molecule has 10 heteroatoms. The maximum absolute atomic E-state index is 12.2. The van der Waals surface area contributed by atoms with Crippen molar-refractivity contribution in [3.63, 3.8) is 0 Å². The third-order valence-electron chi connectivity index (χ3n) is 4.46. The first-order valence-electron chi connectivity index (χ1n) is 10.9. The number of hydrogen-bond acceptors (Lipinski definition) is 9. The average Bonchev–Trinajstić information content (AvgIpc) is 3.05. The van der Waals surface area contributed by atoms with E-state index in [2.05, 4.69) is 0 Å². The lowest BCUT2D eigenvalue weighted by Gasteiger charge is -2.13. The van der Waals surface area contributed by atoms with E-state index in [1.165, 1.54) is 4.90 Å². The highest BCUT2D eigenvalue weighted by atomic mass is 16.6. The van der Waals surface area contributed by atoms with E-state index in [1.54, 1.807) is 24.3 Å². The van der Waals surface area contributed by atoms with Crippen molar-refractivity contribution in [2.45, 2.75) is 0 Å². The van der Waals surface area contributed by atoms with E-state index < -0.39 is 0 Å². The van der Waals surface area contributed by atoms with Gasteiger partial charge in [0.15, 0.2) is 0 Å². The van der Waals surface area contributed by atoms with E-state index in [-0.39, 0.29) is 25.0 Å². The second-order valence-electron chi connectivity index (χ2n) is 6.77. The molecule has 0 bridgehead atoms. The second-order valence-corrected chi connectivity index (χ2v) is 6.77. The summed E-state index contributed by atoms with van der Waals surface area (Å²) in [6.45, 7) is 6.34. The van der Waals surface area contributed by atoms with Gasteiger partial charge in [-0.25, -0.2) is 0 Å². The maximum Gasteiger partial charge on any atom is 0.261 e. The summed E-state index contributed by atoms with van der Waals surface area (Å²) in [6.07, 6.45) is 0.